The van der Waals surface area contributed by atoms with E-state index in [9.17, 15) is 15.0 Å². The van der Waals surface area contributed by atoms with E-state index < -0.39 is 6.10 Å². The van der Waals surface area contributed by atoms with Gasteiger partial charge in [0.15, 0.2) is 11.5 Å². The lowest BCUT2D eigenvalue weighted by Crippen LogP contribution is -2.14. The summed E-state index contributed by atoms with van der Waals surface area (Å²) in [5.74, 6) is -0.106. The van der Waals surface area contributed by atoms with Gasteiger partial charge in [0.1, 0.15) is 0 Å². The lowest BCUT2D eigenvalue weighted by Gasteiger charge is -2.19. The Kier molecular flexibility index (Phi) is 6.67. The molecule has 0 fully saturated rings. The van der Waals surface area contributed by atoms with Gasteiger partial charge in [0.25, 0.3) is 0 Å². The molecule has 2 N–H and O–H groups in total. The number of methoxy groups -OCH3 is 1. The van der Waals surface area contributed by atoms with Gasteiger partial charge in [-0.25, -0.2) is 0 Å². The first-order valence-electron chi connectivity index (χ1n) is 6.31. The lowest BCUT2D eigenvalue weighted by atomic mass is 9.94. The normalized spacial score (nSPS) is 13.6. The molecule has 20 heavy (non-hydrogen) atoms. The van der Waals surface area contributed by atoms with E-state index in [1.54, 1.807) is 12.1 Å². The van der Waals surface area contributed by atoms with E-state index in [0.717, 1.165) is 0 Å². The van der Waals surface area contributed by atoms with Crippen LogP contribution in [0.1, 0.15) is 25.0 Å². The molecule has 0 bridgehead atoms. The Balaban J connectivity index is 2.57. The molecule has 0 aliphatic carbocycles. The quantitative estimate of drug-likeness (QED) is 0.530. The summed E-state index contributed by atoms with van der Waals surface area (Å²) in [6, 6.07) is 4.76. The Morgan fingerprint density at radius 1 is 1.45 bits per heavy atom. The van der Waals surface area contributed by atoms with Crippen molar-refractivity contribution in [3.63, 3.8) is 0 Å². The molecular weight excluding hydrogens is 280 g/mol. The van der Waals surface area contributed by atoms with Gasteiger partial charge < -0.3 is 19.7 Å². The molecule has 1 aromatic rings. The zero-order valence-electron chi connectivity index (χ0n) is 11.6. The van der Waals surface area contributed by atoms with Crippen LogP contribution >= 0.6 is 12.6 Å². The molecule has 0 radical (unpaired) electrons. The molecule has 2 atom stereocenters. The Labute approximate surface area is 123 Å². The van der Waals surface area contributed by atoms with Crippen LogP contribution in [0.3, 0.4) is 0 Å². The molecule has 0 aliphatic heterocycles. The SMILES string of the molecule is COc1ccc([C@H](O)[C@H](C)CCOC(=O)CS)cc1O. The first-order chi connectivity index (χ1) is 9.49. The maximum Gasteiger partial charge on any atom is 0.315 e. The van der Waals surface area contributed by atoms with Crippen LogP contribution < -0.4 is 4.74 Å². The zero-order chi connectivity index (χ0) is 15.1. The molecule has 5 nitrogen and oxygen atoms in total. The molecular formula is C14H20O5S. The molecule has 0 aromatic heterocycles. The van der Waals surface area contributed by atoms with Crippen molar-refractivity contribution in [3.8, 4) is 11.5 Å². The number of phenolic OH excluding ortho intramolecular Hbond substituents is 1. The van der Waals surface area contributed by atoms with Crippen LogP contribution in [0.2, 0.25) is 0 Å². The summed E-state index contributed by atoms with van der Waals surface area (Å²) in [6.45, 7) is 2.08. The van der Waals surface area contributed by atoms with Gasteiger partial charge >= 0.3 is 5.97 Å². The smallest absolute Gasteiger partial charge is 0.315 e. The summed E-state index contributed by atoms with van der Waals surface area (Å²) in [7, 11) is 1.46. The largest absolute Gasteiger partial charge is 0.504 e. The number of hydrogen-bond donors (Lipinski definition) is 3. The van der Waals surface area contributed by atoms with Crippen LogP contribution in [0, 0.1) is 5.92 Å². The number of benzene rings is 1. The third kappa shape index (κ3) is 4.61. The number of thiol groups is 1. The molecule has 0 saturated carbocycles. The van der Waals surface area contributed by atoms with E-state index in [1.807, 2.05) is 6.92 Å². The van der Waals surface area contributed by atoms with Crippen molar-refractivity contribution in [2.24, 2.45) is 5.92 Å². The highest BCUT2D eigenvalue weighted by molar-refractivity contribution is 7.81. The van der Waals surface area contributed by atoms with Crippen LogP contribution in [0.25, 0.3) is 0 Å². The highest BCUT2D eigenvalue weighted by Gasteiger charge is 2.18. The van der Waals surface area contributed by atoms with Gasteiger partial charge in [-0.15, -0.1) is 0 Å². The lowest BCUT2D eigenvalue weighted by molar-refractivity contribution is -0.141. The second-order valence-corrected chi connectivity index (χ2v) is 4.84. The summed E-state index contributed by atoms with van der Waals surface area (Å²) in [5.41, 5.74) is 0.594. The molecule has 1 rings (SSSR count). The zero-order valence-corrected chi connectivity index (χ0v) is 12.5. The summed E-state index contributed by atoms with van der Waals surface area (Å²) in [4.78, 5) is 10.9. The molecule has 1 aromatic carbocycles. The molecule has 6 heteroatoms. The standard InChI is InChI=1S/C14H20O5S/c1-9(5-6-19-13(16)8-20)14(17)10-3-4-12(18-2)11(15)7-10/h3-4,7,9,14-15,17,20H,5-6,8H2,1-2H3/t9-,14-/m1/s1. The third-order valence-electron chi connectivity index (χ3n) is 3.05. The van der Waals surface area contributed by atoms with E-state index in [1.165, 1.54) is 13.2 Å². The second kappa shape index (κ2) is 8.01. The van der Waals surface area contributed by atoms with Crippen LogP contribution in [0.15, 0.2) is 18.2 Å². The van der Waals surface area contributed by atoms with Crippen LogP contribution in [-0.4, -0.2) is 35.7 Å². The number of hydrogen-bond acceptors (Lipinski definition) is 6. The van der Waals surface area contributed by atoms with Crippen molar-refractivity contribution in [3.05, 3.63) is 23.8 Å². The van der Waals surface area contributed by atoms with Crippen molar-refractivity contribution in [1.82, 2.24) is 0 Å². The minimum atomic E-state index is -0.749. The van der Waals surface area contributed by atoms with Gasteiger partial charge in [0, 0.05) is 0 Å². The van der Waals surface area contributed by atoms with Crippen molar-refractivity contribution in [2.45, 2.75) is 19.4 Å². The van der Waals surface area contributed by atoms with Crippen LogP contribution in [-0.2, 0) is 9.53 Å². The minimum absolute atomic E-state index is 0.0160. The van der Waals surface area contributed by atoms with Crippen LogP contribution in [0.4, 0.5) is 0 Å². The molecule has 0 heterocycles. The fourth-order valence-corrected chi connectivity index (χ4v) is 1.87. The van der Waals surface area contributed by atoms with Crippen molar-refractivity contribution in [1.29, 1.82) is 0 Å². The highest BCUT2D eigenvalue weighted by Crippen LogP contribution is 2.32. The molecule has 0 spiro atoms. The number of rotatable bonds is 7. The topological polar surface area (TPSA) is 76.0 Å². The highest BCUT2D eigenvalue weighted by atomic mass is 32.1. The average molecular weight is 300 g/mol. The maximum absolute atomic E-state index is 10.9. The van der Waals surface area contributed by atoms with E-state index in [4.69, 9.17) is 9.47 Å². The third-order valence-corrected chi connectivity index (χ3v) is 3.31. The van der Waals surface area contributed by atoms with Gasteiger partial charge in [-0.1, -0.05) is 13.0 Å². The molecule has 0 aliphatic rings. The minimum Gasteiger partial charge on any atom is -0.504 e. The van der Waals surface area contributed by atoms with E-state index in [-0.39, 0.29) is 30.0 Å². The van der Waals surface area contributed by atoms with E-state index in [2.05, 4.69) is 12.6 Å². The Morgan fingerprint density at radius 3 is 2.70 bits per heavy atom. The number of aliphatic hydroxyl groups excluding tert-OH is 1. The molecule has 0 amide bonds. The number of carbonyl (C=O) groups is 1. The summed E-state index contributed by atoms with van der Waals surface area (Å²) >= 11 is 3.80. The monoisotopic (exact) mass is 300 g/mol. The summed E-state index contributed by atoms with van der Waals surface area (Å²) in [6.07, 6.45) is -0.227. The predicted molar refractivity (Wildman–Crippen MR) is 78.2 cm³/mol. The first-order valence-corrected chi connectivity index (χ1v) is 6.94. The Bertz CT molecular complexity index is 449. The number of carbonyl (C=O) groups excluding carboxylic acids is 1. The summed E-state index contributed by atoms with van der Waals surface area (Å²) < 4.78 is 9.86. The summed E-state index contributed by atoms with van der Waals surface area (Å²) in [5, 5.41) is 19.9. The number of aromatic hydroxyl groups is 1. The van der Waals surface area contributed by atoms with E-state index in [0.29, 0.717) is 17.7 Å². The van der Waals surface area contributed by atoms with Gasteiger partial charge in [0.2, 0.25) is 0 Å². The molecule has 0 unspecified atom stereocenters. The van der Waals surface area contributed by atoms with Gasteiger partial charge in [0.05, 0.1) is 25.6 Å². The van der Waals surface area contributed by atoms with Crippen molar-refractivity contribution < 1.29 is 24.5 Å². The van der Waals surface area contributed by atoms with Crippen molar-refractivity contribution >= 4 is 18.6 Å². The van der Waals surface area contributed by atoms with Crippen molar-refractivity contribution in [2.75, 3.05) is 19.5 Å². The van der Waals surface area contributed by atoms with Gasteiger partial charge in [-0.05, 0) is 30.0 Å². The fraction of sp³-hybridized carbons (Fsp3) is 0.500. The fourth-order valence-electron chi connectivity index (χ4n) is 1.78. The number of aliphatic hydroxyl groups is 1. The number of phenols is 1. The molecule has 0 saturated heterocycles. The predicted octanol–water partition coefficient (Wildman–Crippen LogP) is 1.93. The van der Waals surface area contributed by atoms with Gasteiger partial charge in [-0.3, -0.25) is 4.79 Å². The average Bonchev–Trinajstić information content (AvgIpc) is 2.45. The Morgan fingerprint density at radius 2 is 2.15 bits per heavy atom. The number of esters is 1. The van der Waals surface area contributed by atoms with E-state index >= 15 is 0 Å². The molecule has 112 valence electrons. The van der Waals surface area contributed by atoms with Gasteiger partial charge in [-0.2, -0.15) is 12.6 Å². The Hall–Kier alpha value is -1.40. The number of ether oxygens (including phenoxy) is 2. The van der Waals surface area contributed by atoms with Crippen LogP contribution in [0.5, 0.6) is 11.5 Å². The maximum atomic E-state index is 10.9. The first kappa shape index (κ1) is 16.7. The second-order valence-electron chi connectivity index (χ2n) is 4.52.